The average molecular weight is 353 g/mol. The van der Waals surface area contributed by atoms with E-state index in [1.807, 2.05) is 0 Å². The molecule has 134 valence electrons. The van der Waals surface area contributed by atoms with Crippen LogP contribution in [-0.4, -0.2) is 35.3 Å². The summed E-state index contributed by atoms with van der Waals surface area (Å²) in [4.78, 5) is 39.3. The number of carbonyl (C=O) groups excluding carboxylic acids is 3. The number of nitrogens with zero attached hydrogens (tertiary/aromatic N) is 1. The average Bonchev–Trinajstić information content (AvgIpc) is 2.93. The third-order valence-corrected chi connectivity index (χ3v) is 4.69. The molecule has 0 fully saturated rings. The minimum absolute atomic E-state index is 0.230. The molecule has 1 aliphatic rings. The molecular formula is C20H19NO5. The van der Waals surface area contributed by atoms with Gasteiger partial charge in [0.05, 0.1) is 18.2 Å². The van der Waals surface area contributed by atoms with Crippen molar-refractivity contribution in [3.05, 3.63) is 59.7 Å². The molecule has 3 rings (SSSR count). The van der Waals surface area contributed by atoms with Crippen molar-refractivity contribution >= 4 is 17.8 Å². The van der Waals surface area contributed by atoms with E-state index < -0.39 is 23.3 Å². The Balaban J connectivity index is 1.89. The van der Waals surface area contributed by atoms with Crippen molar-refractivity contribution in [2.75, 3.05) is 7.11 Å². The number of carbonyl (C=O) groups is 3. The van der Waals surface area contributed by atoms with Crippen LogP contribution in [0.1, 0.15) is 41.0 Å². The molecule has 0 spiro atoms. The summed E-state index contributed by atoms with van der Waals surface area (Å²) in [6, 6.07) is 13.0. The van der Waals surface area contributed by atoms with Gasteiger partial charge in [0, 0.05) is 0 Å². The summed E-state index contributed by atoms with van der Waals surface area (Å²) in [5.41, 5.74) is -0.809. The van der Waals surface area contributed by atoms with Gasteiger partial charge in [-0.05, 0) is 49.7 Å². The van der Waals surface area contributed by atoms with Crippen molar-refractivity contribution in [1.82, 2.24) is 4.90 Å². The van der Waals surface area contributed by atoms with Crippen LogP contribution in [0.3, 0.4) is 0 Å². The first-order chi connectivity index (χ1) is 12.4. The summed E-state index contributed by atoms with van der Waals surface area (Å²) < 4.78 is 10.5. The topological polar surface area (TPSA) is 72.9 Å². The number of hydrogen-bond donors (Lipinski definition) is 0. The Hall–Kier alpha value is -3.15. The van der Waals surface area contributed by atoms with E-state index in [2.05, 4.69) is 0 Å². The number of rotatable bonds is 5. The van der Waals surface area contributed by atoms with Gasteiger partial charge in [0.15, 0.2) is 0 Å². The zero-order chi connectivity index (χ0) is 18.9. The minimum Gasteiger partial charge on any atom is -0.497 e. The van der Waals surface area contributed by atoms with Crippen molar-refractivity contribution in [1.29, 1.82) is 0 Å². The van der Waals surface area contributed by atoms with E-state index in [1.54, 1.807) is 62.4 Å². The Kier molecular flexibility index (Phi) is 4.50. The maximum Gasteiger partial charge on any atom is 0.337 e. The van der Waals surface area contributed by atoms with Crippen LogP contribution in [0, 0.1) is 0 Å². The second kappa shape index (κ2) is 6.63. The second-order valence-electron chi connectivity index (χ2n) is 6.18. The zero-order valence-corrected chi connectivity index (χ0v) is 14.8. The van der Waals surface area contributed by atoms with Gasteiger partial charge in [-0.15, -0.1) is 0 Å². The van der Waals surface area contributed by atoms with Gasteiger partial charge in [-0.2, -0.15) is 0 Å². The van der Waals surface area contributed by atoms with Crippen LogP contribution in [0.5, 0.6) is 11.5 Å². The fourth-order valence-electron chi connectivity index (χ4n) is 2.89. The van der Waals surface area contributed by atoms with Crippen molar-refractivity contribution in [2.24, 2.45) is 0 Å². The number of imide groups is 1. The Morgan fingerprint density at radius 1 is 0.962 bits per heavy atom. The molecule has 1 heterocycles. The summed E-state index contributed by atoms with van der Waals surface area (Å²) in [5, 5.41) is 0. The first-order valence-electron chi connectivity index (χ1n) is 8.26. The van der Waals surface area contributed by atoms with Gasteiger partial charge in [-0.1, -0.05) is 19.1 Å². The molecule has 6 nitrogen and oxygen atoms in total. The zero-order valence-electron chi connectivity index (χ0n) is 14.8. The number of methoxy groups -OCH3 is 1. The van der Waals surface area contributed by atoms with Gasteiger partial charge >= 0.3 is 5.97 Å². The molecule has 0 bridgehead atoms. The highest BCUT2D eigenvalue weighted by Gasteiger charge is 2.50. The van der Waals surface area contributed by atoms with Crippen LogP contribution in [-0.2, 0) is 4.79 Å². The highest BCUT2D eigenvalue weighted by molar-refractivity contribution is 6.23. The fourth-order valence-corrected chi connectivity index (χ4v) is 2.89. The Bertz CT molecular complexity index is 839. The molecule has 2 aromatic rings. The first-order valence-corrected chi connectivity index (χ1v) is 8.26. The van der Waals surface area contributed by atoms with Crippen molar-refractivity contribution in [3.63, 3.8) is 0 Å². The predicted molar refractivity (Wildman–Crippen MR) is 94.3 cm³/mol. The number of amides is 2. The predicted octanol–water partition coefficient (Wildman–Crippen LogP) is 3.07. The summed E-state index contributed by atoms with van der Waals surface area (Å²) in [6.07, 6.45) is 0.230. The summed E-state index contributed by atoms with van der Waals surface area (Å²) in [6.45, 7) is 3.28. The summed E-state index contributed by atoms with van der Waals surface area (Å²) in [5.74, 6) is -0.696. The van der Waals surface area contributed by atoms with E-state index >= 15 is 0 Å². The molecule has 0 saturated heterocycles. The van der Waals surface area contributed by atoms with Crippen LogP contribution in [0.25, 0.3) is 0 Å². The van der Waals surface area contributed by atoms with E-state index in [-0.39, 0.29) is 6.42 Å². The Morgan fingerprint density at radius 2 is 1.46 bits per heavy atom. The third-order valence-electron chi connectivity index (χ3n) is 4.69. The van der Waals surface area contributed by atoms with Gasteiger partial charge in [-0.3, -0.25) is 14.5 Å². The number of fused-ring (bicyclic) bond motifs is 1. The monoisotopic (exact) mass is 353 g/mol. The molecule has 6 heteroatoms. The standard InChI is InChI=1S/C20H19NO5/c1-4-20(2,19(24)26-14-11-9-13(25-3)10-12-14)21-17(22)15-7-5-6-8-16(15)18(21)23/h5-12H,4H2,1-3H3/t20-/m1/s1. The van der Waals surface area contributed by atoms with Gasteiger partial charge in [0.25, 0.3) is 11.8 Å². The first kappa shape index (κ1) is 17.7. The molecule has 2 aromatic carbocycles. The number of hydrogen-bond acceptors (Lipinski definition) is 5. The highest BCUT2D eigenvalue weighted by atomic mass is 16.5. The second-order valence-corrected chi connectivity index (χ2v) is 6.18. The maximum absolute atomic E-state index is 12.8. The molecule has 0 aliphatic carbocycles. The smallest absolute Gasteiger partial charge is 0.337 e. The van der Waals surface area contributed by atoms with E-state index in [4.69, 9.17) is 9.47 Å². The highest BCUT2D eigenvalue weighted by Crippen LogP contribution is 2.32. The van der Waals surface area contributed by atoms with Crippen LogP contribution in [0.4, 0.5) is 0 Å². The minimum atomic E-state index is -1.41. The van der Waals surface area contributed by atoms with Crippen LogP contribution in [0.2, 0.25) is 0 Å². The number of ether oxygens (including phenoxy) is 2. The molecule has 0 saturated carbocycles. The van der Waals surface area contributed by atoms with Crippen LogP contribution in [0.15, 0.2) is 48.5 Å². The molecule has 1 atom stereocenters. The quantitative estimate of drug-likeness (QED) is 0.469. The molecular weight excluding hydrogens is 334 g/mol. The molecule has 2 amide bonds. The maximum atomic E-state index is 12.8. The Morgan fingerprint density at radius 3 is 1.92 bits per heavy atom. The lowest BCUT2D eigenvalue weighted by molar-refractivity contribution is -0.144. The molecule has 1 aliphatic heterocycles. The normalized spacial score (nSPS) is 15.4. The fraction of sp³-hybridized carbons (Fsp3) is 0.250. The summed E-state index contributed by atoms with van der Waals surface area (Å²) >= 11 is 0. The van der Waals surface area contributed by atoms with Gasteiger partial charge in [0.1, 0.15) is 17.0 Å². The van der Waals surface area contributed by atoms with Crippen molar-refractivity contribution in [3.8, 4) is 11.5 Å². The third kappa shape index (κ3) is 2.73. The Labute approximate surface area is 151 Å². The molecule has 0 radical (unpaired) electrons. The van der Waals surface area contributed by atoms with Gasteiger partial charge in [-0.25, -0.2) is 4.79 Å². The number of benzene rings is 2. The molecule has 0 N–H and O–H groups in total. The van der Waals surface area contributed by atoms with E-state index in [0.29, 0.717) is 22.6 Å². The molecule has 26 heavy (non-hydrogen) atoms. The van der Waals surface area contributed by atoms with Crippen LogP contribution < -0.4 is 9.47 Å². The van der Waals surface area contributed by atoms with Crippen LogP contribution >= 0.6 is 0 Å². The van der Waals surface area contributed by atoms with E-state index in [1.165, 1.54) is 7.11 Å². The van der Waals surface area contributed by atoms with Crippen molar-refractivity contribution < 1.29 is 23.9 Å². The summed E-state index contributed by atoms with van der Waals surface area (Å²) in [7, 11) is 1.54. The molecule has 0 unspecified atom stereocenters. The van der Waals surface area contributed by atoms with E-state index in [0.717, 1.165) is 4.90 Å². The lowest BCUT2D eigenvalue weighted by Gasteiger charge is -2.33. The molecule has 0 aromatic heterocycles. The largest absolute Gasteiger partial charge is 0.497 e. The lowest BCUT2D eigenvalue weighted by Crippen LogP contribution is -2.56. The van der Waals surface area contributed by atoms with Crippen molar-refractivity contribution in [2.45, 2.75) is 25.8 Å². The van der Waals surface area contributed by atoms with E-state index in [9.17, 15) is 14.4 Å². The van der Waals surface area contributed by atoms with Gasteiger partial charge in [0.2, 0.25) is 0 Å². The lowest BCUT2D eigenvalue weighted by atomic mass is 9.96. The van der Waals surface area contributed by atoms with Gasteiger partial charge < -0.3 is 9.47 Å². The SMILES string of the molecule is CC[C@](C)(C(=O)Oc1ccc(OC)cc1)N1C(=O)c2ccccc2C1=O. The number of esters is 1.